The van der Waals surface area contributed by atoms with Gasteiger partial charge in [-0.2, -0.15) is 0 Å². The summed E-state index contributed by atoms with van der Waals surface area (Å²) in [5.41, 5.74) is 19.5. The normalized spacial score (nSPS) is 24.3. The minimum atomic E-state index is 0.0151. The van der Waals surface area contributed by atoms with E-state index in [0.29, 0.717) is 0 Å². The summed E-state index contributed by atoms with van der Waals surface area (Å²) in [6.45, 7) is 31.9. The molecular weight excluding hydrogens is 683 g/mol. The molecule has 2 nitrogen and oxygen atoms in total. The Kier molecular flexibility index (Phi) is 7.12. The monoisotopic (exact) mass is 744 g/mol. The van der Waals surface area contributed by atoms with Crippen molar-refractivity contribution in [2.45, 2.75) is 161 Å². The van der Waals surface area contributed by atoms with Gasteiger partial charge in [-0.25, -0.2) is 0 Å². The van der Waals surface area contributed by atoms with Crippen molar-refractivity contribution < 1.29 is 0 Å². The van der Waals surface area contributed by atoms with Gasteiger partial charge in [0.15, 0.2) is 0 Å². The molecule has 2 atom stereocenters. The van der Waals surface area contributed by atoms with Gasteiger partial charge in [0.1, 0.15) is 0 Å². The van der Waals surface area contributed by atoms with Crippen molar-refractivity contribution in [1.29, 1.82) is 0 Å². The Labute approximate surface area is 335 Å². The molecule has 0 N–H and O–H groups in total. The molecule has 4 heteroatoms. The number of nitrogens with zero attached hydrogens (tertiary/aromatic N) is 2. The van der Waals surface area contributed by atoms with Crippen molar-refractivity contribution in [2.24, 2.45) is 0 Å². The van der Waals surface area contributed by atoms with Crippen molar-refractivity contribution in [3.05, 3.63) is 94.0 Å². The third-order valence-corrected chi connectivity index (χ3v) is 16.8. The highest BCUT2D eigenvalue weighted by Gasteiger charge is 2.62. The third kappa shape index (κ3) is 4.67. The van der Waals surface area contributed by atoms with Gasteiger partial charge in [0.2, 0.25) is 0 Å². The van der Waals surface area contributed by atoms with Gasteiger partial charge in [-0.1, -0.05) is 113 Å². The number of rotatable bonds is 1. The molecule has 1 saturated carbocycles. The zero-order valence-corrected chi connectivity index (χ0v) is 36.7. The Morgan fingerprint density at radius 3 is 1.91 bits per heavy atom. The highest BCUT2D eigenvalue weighted by atomic mass is 32.1. The standard InChI is InChI=1S/C51H61BN2S/c1-30-24-39-42-40(25-30)54-44-37(50(12)20-14-15-21-51(50,54)13)26-32(47(5,6)7)27-38(44)52(42)45-43(53(39)33-18-16-31(17-19-33)46(2,3)4)34-28-35-36(29-41(34)55-45)49(10,11)23-22-48(35,8)9/h16-19,24-29H,14-15,20-23H2,1-13H3. The summed E-state index contributed by atoms with van der Waals surface area (Å²) in [5, 5.41) is 1.43. The number of hydrogen-bond donors (Lipinski definition) is 0. The SMILES string of the molecule is Cc1cc2c3c(c1)N1c4c(cc(C(C)(C)C)cc4C4(C)CCCCC14C)B3c1sc3cc4c(cc3c1N2c1ccc(C(C)(C)C)cc1)C(C)(C)CCC4(C)C. The van der Waals surface area contributed by atoms with E-state index in [0.717, 1.165) is 0 Å². The van der Waals surface area contributed by atoms with E-state index in [1.807, 2.05) is 0 Å². The molecule has 284 valence electrons. The number of hydrogen-bond acceptors (Lipinski definition) is 3. The Hall–Kier alpha value is -3.50. The van der Waals surface area contributed by atoms with Crippen LogP contribution in [0.3, 0.4) is 0 Å². The molecule has 4 aromatic carbocycles. The Morgan fingerprint density at radius 2 is 1.25 bits per heavy atom. The van der Waals surface area contributed by atoms with Crippen LogP contribution in [0.2, 0.25) is 0 Å². The van der Waals surface area contributed by atoms with E-state index < -0.39 is 0 Å². The molecule has 0 radical (unpaired) electrons. The summed E-state index contributed by atoms with van der Waals surface area (Å²) >= 11 is 2.09. The molecule has 5 aromatic rings. The van der Waals surface area contributed by atoms with E-state index in [-0.39, 0.29) is 39.3 Å². The zero-order chi connectivity index (χ0) is 39.0. The number of fused-ring (bicyclic) bond motifs is 10. The minimum Gasteiger partial charge on any atom is -0.335 e. The van der Waals surface area contributed by atoms with Gasteiger partial charge in [0.25, 0.3) is 6.71 Å². The predicted molar refractivity (Wildman–Crippen MR) is 241 cm³/mol. The first-order valence-electron chi connectivity index (χ1n) is 21.3. The van der Waals surface area contributed by atoms with E-state index in [9.17, 15) is 0 Å². The van der Waals surface area contributed by atoms with Gasteiger partial charge in [0, 0.05) is 43.0 Å². The molecule has 55 heavy (non-hydrogen) atoms. The number of aryl methyl sites for hydroxylation is 1. The molecule has 0 amide bonds. The van der Waals surface area contributed by atoms with Crippen molar-refractivity contribution in [3.8, 4) is 0 Å². The molecule has 10 rings (SSSR count). The van der Waals surface area contributed by atoms with Crippen LogP contribution in [0.4, 0.5) is 28.4 Å². The van der Waals surface area contributed by atoms with Crippen LogP contribution in [0.25, 0.3) is 10.1 Å². The Bertz CT molecular complexity index is 2470. The fourth-order valence-corrected chi connectivity index (χ4v) is 13.2. The summed E-state index contributed by atoms with van der Waals surface area (Å²) < 4.78 is 2.96. The minimum absolute atomic E-state index is 0.0151. The molecule has 1 aromatic heterocycles. The smallest absolute Gasteiger partial charge is 0.264 e. The number of thiophene rings is 1. The van der Waals surface area contributed by atoms with Crippen LogP contribution in [0.5, 0.6) is 0 Å². The largest absolute Gasteiger partial charge is 0.335 e. The van der Waals surface area contributed by atoms with Gasteiger partial charge >= 0.3 is 0 Å². The summed E-state index contributed by atoms with van der Waals surface area (Å²) in [6, 6.07) is 25.3. The lowest BCUT2D eigenvalue weighted by Gasteiger charge is -2.52. The first kappa shape index (κ1) is 35.9. The summed E-state index contributed by atoms with van der Waals surface area (Å²) in [6.07, 6.45) is 7.51. The maximum absolute atomic E-state index is 2.90. The lowest BCUT2D eigenvalue weighted by molar-refractivity contribution is 0.195. The van der Waals surface area contributed by atoms with Crippen molar-refractivity contribution in [2.75, 3.05) is 9.80 Å². The van der Waals surface area contributed by atoms with E-state index in [1.54, 1.807) is 16.7 Å². The molecule has 1 fully saturated rings. The summed E-state index contributed by atoms with van der Waals surface area (Å²) in [5.74, 6) is 0. The maximum Gasteiger partial charge on any atom is 0.264 e. The molecule has 5 aliphatic rings. The molecule has 3 aliphatic heterocycles. The van der Waals surface area contributed by atoms with Crippen LogP contribution in [-0.2, 0) is 27.1 Å². The van der Waals surface area contributed by atoms with E-state index in [2.05, 4.69) is 172 Å². The van der Waals surface area contributed by atoms with Gasteiger partial charge in [-0.3, -0.25) is 0 Å². The molecule has 0 bridgehead atoms. The van der Waals surface area contributed by atoms with Gasteiger partial charge in [-0.05, 0) is 142 Å². The Morgan fingerprint density at radius 1 is 0.636 bits per heavy atom. The lowest BCUT2D eigenvalue weighted by atomic mass is 9.36. The molecule has 0 saturated heterocycles. The fourth-order valence-electron chi connectivity index (χ4n) is 11.8. The van der Waals surface area contributed by atoms with Gasteiger partial charge in [0.05, 0.1) is 11.2 Å². The maximum atomic E-state index is 2.90. The molecule has 2 aliphatic carbocycles. The highest BCUT2D eigenvalue weighted by molar-refractivity contribution is 7.33. The molecular formula is C51H61BN2S. The summed E-state index contributed by atoms with van der Waals surface area (Å²) in [4.78, 5) is 5.60. The van der Waals surface area contributed by atoms with Crippen molar-refractivity contribution in [3.63, 3.8) is 0 Å². The highest BCUT2D eigenvalue weighted by Crippen LogP contribution is 2.63. The quantitative estimate of drug-likeness (QED) is 0.155. The zero-order valence-electron chi connectivity index (χ0n) is 35.9. The second kappa shape index (κ2) is 10.9. The van der Waals surface area contributed by atoms with Gasteiger partial charge in [-0.15, -0.1) is 11.3 Å². The average Bonchev–Trinajstić information content (AvgIpc) is 3.57. The van der Waals surface area contributed by atoms with Crippen LogP contribution < -0.4 is 25.5 Å². The average molecular weight is 745 g/mol. The molecule has 0 spiro atoms. The first-order valence-corrected chi connectivity index (χ1v) is 22.1. The number of benzene rings is 4. The fraction of sp³-hybridized carbons (Fsp3) is 0.490. The van der Waals surface area contributed by atoms with Crippen LogP contribution in [0.15, 0.2) is 60.7 Å². The topological polar surface area (TPSA) is 6.48 Å². The van der Waals surface area contributed by atoms with Crippen LogP contribution in [-0.4, -0.2) is 12.3 Å². The van der Waals surface area contributed by atoms with E-state index >= 15 is 0 Å². The van der Waals surface area contributed by atoms with Crippen LogP contribution in [0.1, 0.15) is 155 Å². The van der Waals surface area contributed by atoms with E-state index in [4.69, 9.17) is 0 Å². The summed E-state index contributed by atoms with van der Waals surface area (Å²) in [7, 11) is 0. The second-order valence-corrected chi connectivity index (χ2v) is 23.2. The molecule has 2 unspecified atom stereocenters. The second-order valence-electron chi connectivity index (χ2n) is 22.1. The van der Waals surface area contributed by atoms with Crippen molar-refractivity contribution in [1.82, 2.24) is 0 Å². The van der Waals surface area contributed by atoms with E-state index in [1.165, 1.54) is 109 Å². The van der Waals surface area contributed by atoms with Crippen LogP contribution in [0, 0.1) is 6.92 Å². The van der Waals surface area contributed by atoms with Crippen molar-refractivity contribution >= 4 is 72.3 Å². The Balaban J connectivity index is 1.35. The van der Waals surface area contributed by atoms with Gasteiger partial charge < -0.3 is 9.80 Å². The third-order valence-electron chi connectivity index (χ3n) is 15.6. The number of anilines is 5. The lowest BCUT2D eigenvalue weighted by Crippen LogP contribution is -2.64. The molecule has 4 heterocycles. The predicted octanol–water partition coefficient (Wildman–Crippen LogP) is 12.5. The van der Waals surface area contributed by atoms with Crippen LogP contribution >= 0.6 is 11.3 Å². The first-order chi connectivity index (χ1) is 25.7.